The smallest absolute Gasteiger partial charge is 0.339 e. The van der Waals surface area contributed by atoms with Gasteiger partial charge >= 0.3 is 5.97 Å². The molecule has 0 aliphatic heterocycles. The summed E-state index contributed by atoms with van der Waals surface area (Å²) in [5.74, 6) is -0.599. The zero-order valence-corrected chi connectivity index (χ0v) is 14.9. The summed E-state index contributed by atoms with van der Waals surface area (Å²) in [7, 11) is -2.45. The number of hydrogen-bond donors (Lipinski definition) is 1. The van der Waals surface area contributed by atoms with Gasteiger partial charge in [-0.3, -0.25) is 0 Å². The Kier molecular flexibility index (Phi) is 5.92. The van der Waals surface area contributed by atoms with Gasteiger partial charge in [0, 0.05) is 11.0 Å². The van der Waals surface area contributed by atoms with Gasteiger partial charge in [0.15, 0.2) is 0 Å². The van der Waals surface area contributed by atoms with Gasteiger partial charge in [-0.1, -0.05) is 30.3 Å². The predicted molar refractivity (Wildman–Crippen MR) is 90.8 cm³/mol. The van der Waals surface area contributed by atoms with Crippen molar-refractivity contribution in [2.24, 2.45) is 0 Å². The van der Waals surface area contributed by atoms with Gasteiger partial charge in [-0.2, -0.15) is 0 Å². The second-order valence-corrected chi connectivity index (χ2v) is 7.39. The van der Waals surface area contributed by atoms with E-state index in [1.54, 1.807) is 0 Å². The summed E-state index contributed by atoms with van der Waals surface area (Å²) >= 11 is 3.21. The molecule has 2 aromatic carbocycles. The molecule has 0 fully saturated rings. The minimum atomic E-state index is -3.69. The maximum absolute atomic E-state index is 12.3. The first-order valence-corrected chi connectivity index (χ1v) is 9.13. The molecule has 0 radical (unpaired) electrons. The Morgan fingerprint density at radius 1 is 1.17 bits per heavy atom. The largest absolute Gasteiger partial charge is 0.465 e. The van der Waals surface area contributed by atoms with Crippen molar-refractivity contribution >= 4 is 31.9 Å². The van der Waals surface area contributed by atoms with E-state index in [4.69, 9.17) is 0 Å². The molecule has 122 valence electrons. The van der Waals surface area contributed by atoms with Crippen molar-refractivity contribution in [2.75, 3.05) is 13.7 Å². The molecule has 23 heavy (non-hydrogen) atoms. The molecular formula is C16H16BrNO4S. The van der Waals surface area contributed by atoms with Gasteiger partial charge in [-0.25, -0.2) is 17.9 Å². The van der Waals surface area contributed by atoms with Crippen molar-refractivity contribution in [3.05, 3.63) is 64.1 Å². The average Bonchev–Trinajstić information content (AvgIpc) is 2.55. The Bertz CT molecular complexity index is 791. The monoisotopic (exact) mass is 397 g/mol. The summed E-state index contributed by atoms with van der Waals surface area (Å²) in [6, 6.07) is 13.8. The van der Waals surface area contributed by atoms with Crippen LogP contribution in [-0.2, 0) is 21.2 Å². The Hall–Kier alpha value is -1.70. The lowest BCUT2D eigenvalue weighted by atomic mass is 10.2. The molecule has 0 aliphatic carbocycles. The van der Waals surface area contributed by atoms with E-state index >= 15 is 0 Å². The molecule has 7 heteroatoms. The van der Waals surface area contributed by atoms with Gasteiger partial charge in [-0.15, -0.1) is 0 Å². The molecule has 5 nitrogen and oxygen atoms in total. The highest BCUT2D eigenvalue weighted by molar-refractivity contribution is 9.10. The fraction of sp³-hybridized carbons (Fsp3) is 0.188. The second kappa shape index (κ2) is 7.72. The minimum Gasteiger partial charge on any atom is -0.465 e. The third kappa shape index (κ3) is 4.63. The van der Waals surface area contributed by atoms with Crippen LogP contribution in [0.4, 0.5) is 0 Å². The van der Waals surface area contributed by atoms with Crippen molar-refractivity contribution in [2.45, 2.75) is 11.3 Å². The van der Waals surface area contributed by atoms with Crippen LogP contribution < -0.4 is 4.72 Å². The fourth-order valence-corrected chi connectivity index (χ4v) is 3.46. The molecule has 2 rings (SSSR count). The summed E-state index contributed by atoms with van der Waals surface area (Å²) in [6.07, 6.45) is 0.584. The zero-order chi connectivity index (χ0) is 16.9. The molecule has 2 aromatic rings. The van der Waals surface area contributed by atoms with Gasteiger partial charge in [0.2, 0.25) is 10.0 Å². The van der Waals surface area contributed by atoms with Crippen LogP contribution in [0.3, 0.4) is 0 Å². The molecule has 0 aromatic heterocycles. The number of hydrogen-bond acceptors (Lipinski definition) is 4. The first kappa shape index (κ1) is 17.7. The maximum Gasteiger partial charge on any atom is 0.339 e. The Morgan fingerprint density at radius 3 is 2.52 bits per heavy atom. The lowest BCUT2D eigenvalue weighted by Crippen LogP contribution is -2.26. The number of halogens is 1. The number of ether oxygens (including phenoxy) is 1. The highest BCUT2D eigenvalue weighted by Crippen LogP contribution is 2.21. The van der Waals surface area contributed by atoms with Crippen molar-refractivity contribution < 1.29 is 17.9 Å². The van der Waals surface area contributed by atoms with Crippen LogP contribution in [0.5, 0.6) is 0 Å². The number of benzene rings is 2. The summed E-state index contributed by atoms with van der Waals surface area (Å²) < 4.78 is 32.3. The molecule has 0 heterocycles. The number of methoxy groups -OCH3 is 1. The van der Waals surface area contributed by atoms with Gasteiger partial charge < -0.3 is 4.74 Å². The van der Waals surface area contributed by atoms with Crippen LogP contribution in [0.1, 0.15) is 15.9 Å². The van der Waals surface area contributed by atoms with Crippen LogP contribution in [0.25, 0.3) is 0 Å². The highest BCUT2D eigenvalue weighted by Gasteiger charge is 2.18. The normalized spacial score (nSPS) is 11.2. The molecule has 0 saturated heterocycles. The van der Waals surface area contributed by atoms with Crippen LogP contribution in [0.2, 0.25) is 0 Å². The molecule has 0 bridgehead atoms. The standard InChI is InChI=1S/C16H16BrNO4S/c1-22-16(19)14-11-13(7-8-15(14)17)23(20,21)18-10-9-12-5-3-2-4-6-12/h2-8,11,18H,9-10H2,1H3. The third-order valence-electron chi connectivity index (χ3n) is 3.20. The number of carbonyl (C=O) groups excluding carboxylic acids is 1. The third-order valence-corrected chi connectivity index (χ3v) is 5.35. The van der Waals surface area contributed by atoms with Gasteiger partial charge in [0.1, 0.15) is 0 Å². The number of nitrogens with one attached hydrogen (secondary N) is 1. The van der Waals surface area contributed by atoms with E-state index < -0.39 is 16.0 Å². The van der Waals surface area contributed by atoms with E-state index in [0.29, 0.717) is 10.9 Å². The molecule has 0 atom stereocenters. The number of esters is 1. The average molecular weight is 398 g/mol. The van der Waals surface area contributed by atoms with Gasteiger partial charge in [0.25, 0.3) is 0 Å². The van der Waals surface area contributed by atoms with E-state index in [0.717, 1.165) is 5.56 Å². The van der Waals surface area contributed by atoms with Crippen molar-refractivity contribution in [1.82, 2.24) is 4.72 Å². The lowest BCUT2D eigenvalue weighted by Gasteiger charge is -2.09. The van der Waals surface area contributed by atoms with Gasteiger partial charge in [-0.05, 0) is 46.1 Å². The summed E-state index contributed by atoms with van der Waals surface area (Å²) in [5, 5.41) is 0. The van der Waals surface area contributed by atoms with Crippen molar-refractivity contribution in [3.8, 4) is 0 Å². The second-order valence-electron chi connectivity index (χ2n) is 4.77. The number of sulfonamides is 1. The van der Waals surface area contributed by atoms with Crippen molar-refractivity contribution in [3.63, 3.8) is 0 Å². The molecule has 0 unspecified atom stereocenters. The summed E-state index contributed by atoms with van der Waals surface area (Å²) in [5.41, 5.74) is 1.21. The molecule has 0 spiro atoms. The number of carbonyl (C=O) groups is 1. The first-order chi connectivity index (χ1) is 10.9. The quantitative estimate of drug-likeness (QED) is 0.760. The fourth-order valence-electron chi connectivity index (χ4n) is 2.00. The van der Waals surface area contributed by atoms with Crippen LogP contribution in [0, 0.1) is 0 Å². The Labute approximate surface area is 143 Å². The van der Waals surface area contributed by atoms with E-state index in [-0.39, 0.29) is 17.0 Å². The van der Waals surface area contributed by atoms with E-state index in [2.05, 4.69) is 25.4 Å². The SMILES string of the molecule is COC(=O)c1cc(S(=O)(=O)NCCc2ccccc2)ccc1Br. The van der Waals surface area contributed by atoms with E-state index in [1.165, 1.54) is 25.3 Å². The van der Waals surface area contributed by atoms with Crippen LogP contribution in [-0.4, -0.2) is 28.0 Å². The van der Waals surface area contributed by atoms with Crippen LogP contribution >= 0.6 is 15.9 Å². The molecule has 1 N–H and O–H groups in total. The summed E-state index contributed by atoms with van der Waals surface area (Å²) in [4.78, 5) is 11.7. The first-order valence-electron chi connectivity index (χ1n) is 6.85. The van der Waals surface area contributed by atoms with Crippen molar-refractivity contribution in [1.29, 1.82) is 0 Å². The lowest BCUT2D eigenvalue weighted by molar-refractivity contribution is 0.0599. The van der Waals surface area contributed by atoms with Gasteiger partial charge in [0.05, 0.1) is 17.6 Å². The molecule has 0 aliphatic rings. The molecule has 0 saturated carbocycles. The number of rotatable bonds is 6. The van der Waals surface area contributed by atoms with E-state index in [9.17, 15) is 13.2 Å². The van der Waals surface area contributed by atoms with E-state index in [1.807, 2.05) is 30.3 Å². The Morgan fingerprint density at radius 2 is 1.87 bits per heavy atom. The highest BCUT2D eigenvalue weighted by atomic mass is 79.9. The summed E-state index contributed by atoms with van der Waals surface area (Å²) in [6.45, 7) is 0.274. The Balaban J connectivity index is 2.11. The van der Waals surface area contributed by atoms with Crippen LogP contribution in [0.15, 0.2) is 57.9 Å². The zero-order valence-electron chi connectivity index (χ0n) is 12.5. The molecular weight excluding hydrogens is 382 g/mol. The topological polar surface area (TPSA) is 72.5 Å². The predicted octanol–water partition coefficient (Wildman–Crippen LogP) is 2.76. The molecule has 0 amide bonds. The maximum atomic E-state index is 12.3. The minimum absolute atomic E-state index is 0.0224.